The summed E-state index contributed by atoms with van der Waals surface area (Å²) in [5.74, 6) is 0.875. The van der Waals surface area contributed by atoms with Gasteiger partial charge in [-0.15, -0.1) is 0 Å². The van der Waals surface area contributed by atoms with E-state index in [0.717, 1.165) is 24.4 Å². The highest BCUT2D eigenvalue weighted by Gasteiger charge is 2.17. The highest BCUT2D eigenvalue weighted by Crippen LogP contribution is 2.26. The van der Waals surface area contributed by atoms with E-state index in [2.05, 4.69) is 35.2 Å². The monoisotopic (exact) mass is 271 g/mol. The van der Waals surface area contributed by atoms with E-state index in [-0.39, 0.29) is 6.04 Å². The van der Waals surface area contributed by atoms with Crippen LogP contribution in [0, 0.1) is 6.92 Å². The van der Waals surface area contributed by atoms with E-state index in [9.17, 15) is 0 Å². The number of aromatic nitrogens is 2. The predicted octanol–water partition coefficient (Wildman–Crippen LogP) is 2.88. The second-order valence-corrected chi connectivity index (χ2v) is 4.74. The van der Waals surface area contributed by atoms with Crippen LogP contribution in [0.5, 0.6) is 5.75 Å². The molecule has 1 aromatic carbocycles. The number of hydrogen-bond acceptors (Lipinski definition) is 4. The lowest BCUT2D eigenvalue weighted by Crippen LogP contribution is -2.24. The first-order valence-corrected chi connectivity index (χ1v) is 6.90. The van der Waals surface area contributed by atoms with Gasteiger partial charge in [0, 0.05) is 12.4 Å². The van der Waals surface area contributed by atoms with Gasteiger partial charge in [0.05, 0.1) is 25.0 Å². The van der Waals surface area contributed by atoms with Crippen LogP contribution in [-0.2, 0) is 0 Å². The van der Waals surface area contributed by atoms with Gasteiger partial charge >= 0.3 is 0 Å². The van der Waals surface area contributed by atoms with Gasteiger partial charge in [-0.1, -0.05) is 13.0 Å². The molecule has 0 aliphatic heterocycles. The Morgan fingerprint density at radius 2 is 2.15 bits per heavy atom. The van der Waals surface area contributed by atoms with Crippen molar-refractivity contribution in [3.05, 3.63) is 53.6 Å². The van der Waals surface area contributed by atoms with Gasteiger partial charge in [0.15, 0.2) is 0 Å². The number of benzene rings is 1. The van der Waals surface area contributed by atoms with Crippen LogP contribution >= 0.6 is 0 Å². The van der Waals surface area contributed by atoms with Gasteiger partial charge < -0.3 is 10.1 Å². The Labute approximate surface area is 120 Å². The Kier molecular flexibility index (Phi) is 5.07. The highest BCUT2D eigenvalue weighted by molar-refractivity contribution is 5.39. The first kappa shape index (κ1) is 14.5. The highest BCUT2D eigenvalue weighted by atomic mass is 16.5. The van der Waals surface area contributed by atoms with Crippen molar-refractivity contribution in [2.75, 3.05) is 13.7 Å². The summed E-state index contributed by atoms with van der Waals surface area (Å²) in [5, 5.41) is 3.54. The minimum Gasteiger partial charge on any atom is -0.497 e. The summed E-state index contributed by atoms with van der Waals surface area (Å²) in [6, 6.07) is 6.19. The molecule has 20 heavy (non-hydrogen) atoms. The minimum atomic E-state index is 0.0644. The molecule has 1 N–H and O–H groups in total. The summed E-state index contributed by atoms with van der Waals surface area (Å²) in [4.78, 5) is 8.61. The lowest BCUT2D eigenvalue weighted by Gasteiger charge is -2.20. The zero-order valence-electron chi connectivity index (χ0n) is 12.3. The molecular formula is C16H21N3O. The van der Waals surface area contributed by atoms with E-state index in [1.807, 2.05) is 18.3 Å². The molecule has 1 atom stereocenters. The third kappa shape index (κ3) is 3.33. The Morgan fingerprint density at radius 1 is 1.30 bits per heavy atom. The fraction of sp³-hybridized carbons (Fsp3) is 0.375. The molecule has 1 heterocycles. The van der Waals surface area contributed by atoms with Crippen molar-refractivity contribution in [2.45, 2.75) is 26.3 Å². The van der Waals surface area contributed by atoms with Crippen LogP contribution < -0.4 is 10.1 Å². The van der Waals surface area contributed by atoms with Crippen molar-refractivity contribution >= 4 is 0 Å². The van der Waals surface area contributed by atoms with E-state index >= 15 is 0 Å². The minimum absolute atomic E-state index is 0.0644. The quantitative estimate of drug-likeness (QED) is 0.877. The van der Waals surface area contributed by atoms with Crippen molar-refractivity contribution in [1.29, 1.82) is 0 Å². The summed E-state index contributed by atoms with van der Waals surface area (Å²) in [5.41, 5.74) is 3.33. The normalized spacial score (nSPS) is 12.2. The van der Waals surface area contributed by atoms with Crippen LogP contribution in [-0.4, -0.2) is 23.6 Å². The zero-order chi connectivity index (χ0) is 14.4. The average Bonchev–Trinajstić information content (AvgIpc) is 2.50. The topological polar surface area (TPSA) is 47.0 Å². The lowest BCUT2D eigenvalue weighted by atomic mass is 9.98. The SMILES string of the molecule is CCCNC(c1cnccn1)c1ccc(OC)cc1C. The Bertz CT molecular complexity index is 543. The molecule has 1 unspecified atom stereocenters. The first-order chi connectivity index (χ1) is 9.76. The molecule has 0 saturated carbocycles. The van der Waals surface area contributed by atoms with Gasteiger partial charge in [0.2, 0.25) is 0 Å². The molecular weight excluding hydrogens is 250 g/mol. The number of aryl methyl sites for hydroxylation is 1. The smallest absolute Gasteiger partial charge is 0.119 e. The van der Waals surface area contributed by atoms with Gasteiger partial charge in [0.1, 0.15) is 5.75 Å². The molecule has 0 fully saturated rings. The summed E-state index contributed by atoms with van der Waals surface area (Å²) < 4.78 is 5.27. The van der Waals surface area contributed by atoms with Crippen LogP contribution in [0.25, 0.3) is 0 Å². The molecule has 0 aliphatic rings. The van der Waals surface area contributed by atoms with Crippen LogP contribution in [0.1, 0.15) is 36.2 Å². The van der Waals surface area contributed by atoms with Crippen molar-refractivity contribution in [3.63, 3.8) is 0 Å². The molecule has 0 aliphatic carbocycles. The average molecular weight is 271 g/mol. The number of hydrogen-bond donors (Lipinski definition) is 1. The molecule has 2 aromatic rings. The largest absolute Gasteiger partial charge is 0.497 e. The number of methoxy groups -OCH3 is 1. The van der Waals surface area contributed by atoms with Crippen molar-refractivity contribution < 1.29 is 4.74 Å². The Morgan fingerprint density at radius 3 is 2.75 bits per heavy atom. The molecule has 0 spiro atoms. The molecule has 1 aromatic heterocycles. The maximum Gasteiger partial charge on any atom is 0.119 e. The van der Waals surface area contributed by atoms with E-state index in [4.69, 9.17) is 4.74 Å². The first-order valence-electron chi connectivity index (χ1n) is 6.90. The number of rotatable bonds is 6. The third-order valence-corrected chi connectivity index (χ3v) is 3.27. The van der Waals surface area contributed by atoms with E-state index in [0.29, 0.717) is 0 Å². The number of ether oxygens (including phenoxy) is 1. The van der Waals surface area contributed by atoms with Crippen molar-refractivity contribution in [3.8, 4) is 5.75 Å². The molecule has 106 valence electrons. The zero-order valence-corrected chi connectivity index (χ0v) is 12.3. The standard InChI is InChI=1S/C16H21N3O/c1-4-7-19-16(15-11-17-8-9-18-15)14-6-5-13(20-3)10-12(14)2/h5-6,8-11,16,19H,4,7H2,1-3H3. The molecule has 4 nitrogen and oxygen atoms in total. The fourth-order valence-electron chi connectivity index (χ4n) is 2.22. The van der Waals surface area contributed by atoms with E-state index < -0.39 is 0 Å². The molecule has 0 bridgehead atoms. The summed E-state index contributed by atoms with van der Waals surface area (Å²) >= 11 is 0. The van der Waals surface area contributed by atoms with Gasteiger partial charge in [0.25, 0.3) is 0 Å². The van der Waals surface area contributed by atoms with Crippen LogP contribution in [0.2, 0.25) is 0 Å². The number of nitrogens with zero attached hydrogens (tertiary/aromatic N) is 2. The summed E-state index contributed by atoms with van der Waals surface area (Å²) in [7, 11) is 1.68. The van der Waals surface area contributed by atoms with Gasteiger partial charge in [-0.25, -0.2) is 0 Å². The fourth-order valence-corrected chi connectivity index (χ4v) is 2.22. The van der Waals surface area contributed by atoms with Gasteiger partial charge in [-0.2, -0.15) is 0 Å². The van der Waals surface area contributed by atoms with E-state index in [1.165, 1.54) is 11.1 Å². The van der Waals surface area contributed by atoms with Crippen molar-refractivity contribution in [2.24, 2.45) is 0 Å². The molecule has 0 amide bonds. The molecule has 4 heteroatoms. The Balaban J connectivity index is 2.36. The van der Waals surface area contributed by atoms with Crippen LogP contribution in [0.3, 0.4) is 0 Å². The lowest BCUT2D eigenvalue weighted by molar-refractivity contribution is 0.414. The van der Waals surface area contributed by atoms with Gasteiger partial charge in [-0.3, -0.25) is 9.97 Å². The van der Waals surface area contributed by atoms with Crippen molar-refractivity contribution in [1.82, 2.24) is 15.3 Å². The van der Waals surface area contributed by atoms with E-state index in [1.54, 1.807) is 19.5 Å². The molecule has 0 saturated heterocycles. The predicted molar refractivity (Wildman–Crippen MR) is 79.9 cm³/mol. The number of nitrogens with one attached hydrogen (secondary N) is 1. The summed E-state index contributed by atoms with van der Waals surface area (Å²) in [6.07, 6.45) is 6.32. The molecule has 2 rings (SSSR count). The van der Waals surface area contributed by atoms with Crippen LogP contribution in [0.4, 0.5) is 0 Å². The Hall–Kier alpha value is -1.94. The second kappa shape index (κ2) is 7.01. The maximum absolute atomic E-state index is 5.27. The summed E-state index contributed by atoms with van der Waals surface area (Å²) in [6.45, 7) is 5.18. The van der Waals surface area contributed by atoms with Crippen LogP contribution in [0.15, 0.2) is 36.8 Å². The second-order valence-electron chi connectivity index (χ2n) is 4.74. The maximum atomic E-state index is 5.27. The molecule has 0 radical (unpaired) electrons. The van der Waals surface area contributed by atoms with Gasteiger partial charge in [-0.05, 0) is 43.1 Å². The third-order valence-electron chi connectivity index (χ3n) is 3.27.